The van der Waals surface area contributed by atoms with Gasteiger partial charge in [-0.05, 0) is 25.7 Å². The lowest BCUT2D eigenvalue weighted by molar-refractivity contribution is -0.703. The van der Waals surface area contributed by atoms with Gasteiger partial charge in [0.1, 0.15) is 12.4 Å². The van der Waals surface area contributed by atoms with Crippen LogP contribution in [0.3, 0.4) is 0 Å². The van der Waals surface area contributed by atoms with Crippen LogP contribution >= 0.6 is 0 Å². The van der Waals surface area contributed by atoms with Crippen molar-refractivity contribution >= 4 is 0 Å². The Balaban J connectivity index is 2.29. The summed E-state index contributed by atoms with van der Waals surface area (Å²) in [6.07, 6.45) is 20.9. The van der Waals surface area contributed by atoms with E-state index in [0.29, 0.717) is 0 Å². The maximum atomic E-state index is 2.52. The number of rotatable bonds is 14. The highest BCUT2D eigenvalue weighted by atomic mass is 15.1. The Morgan fingerprint density at radius 2 is 1.41 bits per heavy atom. The molecule has 1 rings (SSSR count). The van der Waals surface area contributed by atoms with Crippen molar-refractivity contribution in [1.29, 1.82) is 0 Å². The maximum absolute atomic E-state index is 2.52. The van der Waals surface area contributed by atoms with Crippen LogP contribution in [0, 0.1) is 0 Å². The van der Waals surface area contributed by atoms with Crippen molar-refractivity contribution in [1.82, 2.24) is 4.57 Å². The van der Waals surface area contributed by atoms with Crippen LogP contribution in [0.2, 0.25) is 0 Å². The van der Waals surface area contributed by atoms with Gasteiger partial charge >= 0.3 is 0 Å². The van der Waals surface area contributed by atoms with Crippen LogP contribution in [0.4, 0.5) is 0 Å². The van der Waals surface area contributed by atoms with Crippen LogP contribution in [0.5, 0.6) is 0 Å². The molecule has 128 valence electrons. The first-order valence-electron chi connectivity index (χ1n) is 9.90. The molecule has 0 aliphatic carbocycles. The van der Waals surface area contributed by atoms with E-state index in [0.717, 1.165) is 0 Å². The molecule has 0 aliphatic heterocycles. The topological polar surface area (TPSA) is 8.81 Å². The van der Waals surface area contributed by atoms with Crippen LogP contribution in [0.1, 0.15) is 97.2 Å². The molecule has 1 aromatic heterocycles. The van der Waals surface area contributed by atoms with Gasteiger partial charge in [0.2, 0.25) is 0 Å². The lowest BCUT2D eigenvalue weighted by Gasteiger charge is -2.05. The number of aryl methyl sites for hydroxylation is 2. The third kappa shape index (κ3) is 7.47. The maximum Gasteiger partial charge on any atom is 0.256 e. The van der Waals surface area contributed by atoms with E-state index in [1.807, 2.05) is 0 Å². The van der Waals surface area contributed by atoms with Crippen molar-refractivity contribution in [3.8, 4) is 0 Å². The normalized spacial score (nSPS) is 11.2. The highest BCUT2D eigenvalue weighted by Gasteiger charge is 2.15. The van der Waals surface area contributed by atoms with Crippen molar-refractivity contribution in [2.45, 2.75) is 111 Å². The summed E-state index contributed by atoms with van der Waals surface area (Å²) < 4.78 is 4.99. The Morgan fingerprint density at radius 3 is 2.05 bits per heavy atom. The van der Waals surface area contributed by atoms with E-state index in [1.165, 1.54) is 90.1 Å². The standard InChI is InChI=1S/C20H39N2/c1-4-7-9-10-11-12-13-14-17-22-19-18-21(16-6-3)20(22)15-8-5-2/h18-19H,4-17H2,1-3H3/q+1. The molecule has 0 radical (unpaired) electrons. The average molecular weight is 308 g/mol. The molecule has 0 amide bonds. The minimum absolute atomic E-state index is 1.17. The van der Waals surface area contributed by atoms with E-state index >= 15 is 0 Å². The van der Waals surface area contributed by atoms with Gasteiger partial charge in [0.15, 0.2) is 0 Å². The zero-order valence-corrected chi connectivity index (χ0v) is 15.4. The van der Waals surface area contributed by atoms with Gasteiger partial charge in [-0.25, -0.2) is 9.13 Å². The fourth-order valence-electron chi connectivity index (χ4n) is 3.18. The van der Waals surface area contributed by atoms with Crippen LogP contribution in [-0.2, 0) is 19.5 Å². The average Bonchev–Trinajstić information content (AvgIpc) is 2.90. The fourth-order valence-corrected chi connectivity index (χ4v) is 3.18. The molecule has 0 saturated heterocycles. The molecule has 2 nitrogen and oxygen atoms in total. The van der Waals surface area contributed by atoms with Gasteiger partial charge in [0.05, 0.1) is 13.1 Å². The molecule has 2 heteroatoms. The largest absolute Gasteiger partial charge is 0.256 e. The minimum Gasteiger partial charge on any atom is -0.234 e. The molecule has 0 atom stereocenters. The van der Waals surface area contributed by atoms with Crippen LogP contribution in [0.25, 0.3) is 0 Å². The molecule has 0 aromatic carbocycles. The summed E-state index contributed by atoms with van der Waals surface area (Å²) in [5.74, 6) is 1.55. The van der Waals surface area contributed by atoms with E-state index in [2.05, 4.69) is 42.3 Å². The Labute approximate surface area is 138 Å². The minimum atomic E-state index is 1.17. The van der Waals surface area contributed by atoms with E-state index in [4.69, 9.17) is 0 Å². The van der Waals surface area contributed by atoms with E-state index < -0.39 is 0 Å². The number of nitrogens with zero attached hydrogens (tertiary/aromatic N) is 2. The van der Waals surface area contributed by atoms with Gasteiger partial charge in [0, 0.05) is 6.42 Å². The second-order valence-corrected chi connectivity index (χ2v) is 6.68. The van der Waals surface area contributed by atoms with E-state index in [9.17, 15) is 0 Å². The van der Waals surface area contributed by atoms with E-state index in [-0.39, 0.29) is 0 Å². The third-order valence-electron chi connectivity index (χ3n) is 4.56. The molecule has 0 N–H and O–H groups in total. The summed E-state index contributed by atoms with van der Waals surface area (Å²) in [6, 6.07) is 0. The molecule has 0 spiro atoms. The summed E-state index contributed by atoms with van der Waals surface area (Å²) in [5, 5.41) is 0. The SMILES string of the molecule is CCCCCCCCCCn1cc[n+](CCC)c1CCCC. The van der Waals surface area contributed by atoms with Crippen LogP contribution in [-0.4, -0.2) is 4.57 Å². The predicted octanol–water partition coefficient (Wildman–Crippen LogP) is 5.67. The number of hydrogen-bond donors (Lipinski definition) is 0. The lowest BCUT2D eigenvalue weighted by Crippen LogP contribution is -2.37. The monoisotopic (exact) mass is 307 g/mol. The zero-order chi connectivity index (χ0) is 16.0. The summed E-state index contributed by atoms with van der Waals surface area (Å²) in [5.41, 5.74) is 0. The Morgan fingerprint density at radius 1 is 0.773 bits per heavy atom. The number of imidazole rings is 1. The van der Waals surface area contributed by atoms with Crippen molar-refractivity contribution in [2.75, 3.05) is 0 Å². The Bertz CT molecular complexity index is 368. The Hall–Kier alpha value is -0.790. The highest BCUT2D eigenvalue weighted by molar-refractivity contribution is 4.84. The molecule has 22 heavy (non-hydrogen) atoms. The second-order valence-electron chi connectivity index (χ2n) is 6.68. The summed E-state index contributed by atoms with van der Waals surface area (Å²) in [7, 11) is 0. The molecule has 1 heterocycles. The van der Waals surface area contributed by atoms with Gasteiger partial charge in [0.25, 0.3) is 5.82 Å². The van der Waals surface area contributed by atoms with Gasteiger partial charge in [-0.2, -0.15) is 0 Å². The van der Waals surface area contributed by atoms with Crippen molar-refractivity contribution in [3.05, 3.63) is 18.2 Å². The first-order valence-corrected chi connectivity index (χ1v) is 9.90. The zero-order valence-electron chi connectivity index (χ0n) is 15.4. The molecule has 0 unspecified atom stereocenters. The molecule has 0 saturated carbocycles. The van der Waals surface area contributed by atoms with Gasteiger partial charge < -0.3 is 0 Å². The fraction of sp³-hybridized carbons (Fsp3) is 0.850. The summed E-state index contributed by atoms with van der Waals surface area (Å²) in [6.45, 7) is 9.23. The summed E-state index contributed by atoms with van der Waals surface area (Å²) >= 11 is 0. The Kier molecular flexibility index (Phi) is 11.1. The number of hydrogen-bond acceptors (Lipinski definition) is 0. The van der Waals surface area contributed by atoms with Gasteiger partial charge in [-0.3, -0.25) is 0 Å². The van der Waals surface area contributed by atoms with E-state index in [1.54, 1.807) is 5.82 Å². The first kappa shape index (κ1) is 19.3. The second kappa shape index (κ2) is 12.7. The van der Waals surface area contributed by atoms with Crippen molar-refractivity contribution in [2.24, 2.45) is 0 Å². The third-order valence-corrected chi connectivity index (χ3v) is 4.56. The first-order chi connectivity index (χ1) is 10.8. The summed E-state index contributed by atoms with van der Waals surface area (Å²) in [4.78, 5) is 0. The van der Waals surface area contributed by atoms with Crippen molar-refractivity contribution in [3.63, 3.8) is 0 Å². The smallest absolute Gasteiger partial charge is 0.234 e. The number of aromatic nitrogens is 2. The highest BCUT2D eigenvalue weighted by Crippen LogP contribution is 2.10. The quantitative estimate of drug-likeness (QED) is 0.309. The molecule has 0 bridgehead atoms. The predicted molar refractivity (Wildman–Crippen MR) is 96.1 cm³/mol. The van der Waals surface area contributed by atoms with Crippen LogP contribution < -0.4 is 4.57 Å². The number of unbranched alkanes of at least 4 members (excludes halogenated alkanes) is 8. The van der Waals surface area contributed by atoms with Gasteiger partial charge in [-0.15, -0.1) is 0 Å². The molecule has 0 fully saturated rings. The molecular weight excluding hydrogens is 268 g/mol. The molecule has 1 aromatic rings. The van der Waals surface area contributed by atoms with Crippen LogP contribution in [0.15, 0.2) is 12.4 Å². The molecular formula is C20H39N2+. The lowest BCUT2D eigenvalue weighted by atomic mass is 10.1. The molecule has 0 aliphatic rings. The van der Waals surface area contributed by atoms with Crippen molar-refractivity contribution < 1.29 is 4.57 Å². The van der Waals surface area contributed by atoms with Gasteiger partial charge in [-0.1, -0.05) is 65.7 Å².